The molecule has 0 spiro atoms. The van der Waals surface area contributed by atoms with Crippen LogP contribution in [0.3, 0.4) is 0 Å². The first kappa shape index (κ1) is 14.7. The average Bonchev–Trinajstić information content (AvgIpc) is 3.00. The summed E-state index contributed by atoms with van der Waals surface area (Å²) in [4.78, 5) is 24.5. The number of methoxy groups -OCH3 is 1. The summed E-state index contributed by atoms with van der Waals surface area (Å²) < 4.78 is 5.81. The Morgan fingerprint density at radius 2 is 2.27 bits per heavy atom. The van der Waals surface area contributed by atoms with Gasteiger partial charge < -0.3 is 10.1 Å². The summed E-state index contributed by atoms with van der Waals surface area (Å²) in [6.45, 7) is 0.317. The molecule has 3 aromatic rings. The molecule has 0 aliphatic heterocycles. The van der Waals surface area contributed by atoms with E-state index in [9.17, 15) is 4.79 Å². The lowest BCUT2D eigenvalue weighted by molar-refractivity contribution is 0.0947. The van der Waals surface area contributed by atoms with Gasteiger partial charge in [0.05, 0.1) is 23.5 Å². The van der Waals surface area contributed by atoms with Crippen molar-refractivity contribution >= 4 is 39.1 Å². The van der Waals surface area contributed by atoms with E-state index in [0.717, 1.165) is 5.56 Å². The number of carbonyl (C=O) groups excluding carboxylic acids is 1. The van der Waals surface area contributed by atoms with Gasteiger partial charge in [-0.25, -0.2) is 9.97 Å². The highest BCUT2D eigenvalue weighted by Crippen LogP contribution is 2.23. The lowest BCUT2D eigenvalue weighted by Crippen LogP contribution is -2.24. The first-order valence-electron chi connectivity index (χ1n) is 6.34. The van der Waals surface area contributed by atoms with E-state index in [1.807, 2.05) is 5.38 Å². The Bertz CT molecular complexity index is 837. The van der Waals surface area contributed by atoms with Crippen molar-refractivity contribution in [1.82, 2.24) is 20.3 Å². The van der Waals surface area contributed by atoms with Gasteiger partial charge in [-0.15, -0.1) is 11.3 Å². The van der Waals surface area contributed by atoms with Crippen LogP contribution in [0.5, 0.6) is 5.75 Å². The summed E-state index contributed by atoms with van der Waals surface area (Å²) in [5.41, 5.74) is 1.77. The van der Waals surface area contributed by atoms with Crippen LogP contribution in [0.1, 0.15) is 16.1 Å². The third-order valence-electron chi connectivity index (χ3n) is 2.95. The third-order valence-corrected chi connectivity index (χ3v) is 4.03. The van der Waals surface area contributed by atoms with Crippen LogP contribution in [0.25, 0.3) is 10.2 Å². The summed E-state index contributed by atoms with van der Waals surface area (Å²) in [7, 11) is 1.57. The van der Waals surface area contributed by atoms with Crippen LogP contribution in [0.2, 0.25) is 5.28 Å². The number of pyridine rings is 1. The lowest BCUT2D eigenvalue weighted by Gasteiger charge is -2.07. The molecule has 8 heteroatoms. The molecular formula is C14H11ClN4O2S. The van der Waals surface area contributed by atoms with Crippen molar-refractivity contribution in [2.75, 3.05) is 7.11 Å². The smallest absolute Gasteiger partial charge is 0.271 e. The van der Waals surface area contributed by atoms with Gasteiger partial charge in [0.15, 0.2) is 5.69 Å². The minimum Gasteiger partial charge on any atom is -0.495 e. The molecule has 0 aliphatic carbocycles. The number of hydrogen-bond donors (Lipinski definition) is 1. The zero-order chi connectivity index (χ0) is 15.5. The Morgan fingerprint density at radius 1 is 1.41 bits per heavy atom. The number of nitrogens with zero attached hydrogens (tertiary/aromatic N) is 3. The van der Waals surface area contributed by atoms with Gasteiger partial charge in [0.2, 0.25) is 5.28 Å². The van der Waals surface area contributed by atoms with Crippen LogP contribution in [-0.2, 0) is 6.54 Å². The summed E-state index contributed by atoms with van der Waals surface area (Å²) in [6.07, 6.45) is 3.27. The molecule has 0 unspecified atom stereocenters. The minimum atomic E-state index is -0.306. The van der Waals surface area contributed by atoms with Crippen molar-refractivity contribution in [3.63, 3.8) is 0 Å². The Kier molecular flexibility index (Phi) is 4.17. The molecule has 1 N–H and O–H groups in total. The topological polar surface area (TPSA) is 77.0 Å². The molecule has 22 heavy (non-hydrogen) atoms. The van der Waals surface area contributed by atoms with Gasteiger partial charge >= 0.3 is 0 Å². The quantitative estimate of drug-likeness (QED) is 0.742. The van der Waals surface area contributed by atoms with E-state index in [-0.39, 0.29) is 16.9 Å². The lowest BCUT2D eigenvalue weighted by atomic mass is 10.2. The number of amides is 1. The highest BCUT2D eigenvalue weighted by atomic mass is 35.5. The molecule has 6 nitrogen and oxygen atoms in total. The summed E-state index contributed by atoms with van der Waals surface area (Å²) in [5.74, 6) is 0.331. The van der Waals surface area contributed by atoms with Crippen LogP contribution in [0.15, 0.2) is 29.9 Å². The number of rotatable bonds is 4. The van der Waals surface area contributed by atoms with E-state index in [4.69, 9.17) is 16.3 Å². The van der Waals surface area contributed by atoms with Gasteiger partial charge in [-0.05, 0) is 34.7 Å². The van der Waals surface area contributed by atoms with E-state index in [2.05, 4.69) is 20.3 Å². The number of hydrogen-bond acceptors (Lipinski definition) is 6. The molecular weight excluding hydrogens is 324 g/mol. The standard InChI is InChI=1S/C14H11ClN4O2S/c1-21-9-4-8(5-16-7-9)6-17-13(20)11-12-10(2-3-22-12)18-14(15)19-11/h2-5,7H,6H2,1H3,(H,17,20). The number of halogens is 1. The Hall–Kier alpha value is -2.25. The maximum Gasteiger partial charge on any atom is 0.271 e. The average molecular weight is 335 g/mol. The fraction of sp³-hybridized carbons (Fsp3) is 0.143. The molecule has 0 radical (unpaired) electrons. The summed E-state index contributed by atoms with van der Waals surface area (Å²) >= 11 is 7.26. The van der Waals surface area contributed by atoms with Gasteiger partial charge in [-0.3, -0.25) is 9.78 Å². The number of fused-ring (bicyclic) bond motifs is 1. The fourth-order valence-electron chi connectivity index (χ4n) is 1.93. The Balaban J connectivity index is 1.80. The van der Waals surface area contributed by atoms with E-state index < -0.39 is 0 Å². The van der Waals surface area contributed by atoms with E-state index in [1.54, 1.807) is 31.6 Å². The second kappa shape index (κ2) is 6.25. The highest BCUT2D eigenvalue weighted by Gasteiger charge is 2.15. The van der Waals surface area contributed by atoms with Crippen molar-refractivity contribution in [2.24, 2.45) is 0 Å². The molecule has 1 amide bonds. The van der Waals surface area contributed by atoms with Crippen molar-refractivity contribution in [3.05, 3.63) is 46.4 Å². The SMILES string of the molecule is COc1cncc(CNC(=O)c2nc(Cl)nc3ccsc23)c1. The van der Waals surface area contributed by atoms with Crippen LogP contribution >= 0.6 is 22.9 Å². The van der Waals surface area contributed by atoms with Crippen molar-refractivity contribution < 1.29 is 9.53 Å². The predicted molar refractivity (Wildman–Crippen MR) is 84.4 cm³/mol. The van der Waals surface area contributed by atoms with E-state index >= 15 is 0 Å². The van der Waals surface area contributed by atoms with Gasteiger partial charge in [0.1, 0.15) is 5.75 Å². The molecule has 0 aromatic carbocycles. The van der Waals surface area contributed by atoms with Gasteiger partial charge in [-0.1, -0.05) is 0 Å². The molecule has 0 aliphatic rings. The second-order valence-electron chi connectivity index (χ2n) is 4.39. The maximum atomic E-state index is 12.3. The number of aromatic nitrogens is 3. The van der Waals surface area contributed by atoms with Gasteiger partial charge in [0.25, 0.3) is 5.91 Å². The number of ether oxygens (including phenoxy) is 1. The van der Waals surface area contributed by atoms with Gasteiger partial charge in [-0.2, -0.15) is 0 Å². The van der Waals surface area contributed by atoms with Gasteiger partial charge in [0, 0.05) is 12.7 Å². The Morgan fingerprint density at radius 3 is 3.09 bits per heavy atom. The molecule has 3 rings (SSSR count). The molecule has 0 bridgehead atoms. The normalized spacial score (nSPS) is 10.6. The van der Waals surface area contributed by atoms with Crippen molar-refractivity contribution in [2.45, 2.75) is 6.54 Å². The molecule has 0 fully saturated rings. The van der Waals surface area contributed by atoms with Crippen LogP contribution in [0, 0.1) is 0 Å². The molecule has 0 atom stereocenters. The fourth-order valence-corrected chi connectivity index (χ4v) is 2.92. The van der Waals surface area contributed by atoms with Crippen LogP contribution < -0.4 is 10.1 Å². The Labute approximate surface area is 135 Å². The molecule has 3 heterocycles. The van der Waals surface area contributed by atoms with Crippen molar-refractivity contribution in [3.8, 4) is 5.75 Å². The molecule has 3 aromatic heterocycles. The number of nitrogens with one attached hydrogen (secondary N) is 1. The first-order chi connectivity index (χ1) is 10.7. The molecule has 112 valence electrons. The predicted octanol–water partition coefficient (Wildman–Crippen LogP) is 2.68. The molecule has 0 saturated carbocycles. The summed E-state index contributed by atoms with van der Waals surface area (Å²) in [6, 6.07) is 3.61. The van der Waals surface area contributed by atoms with E-state index in [0.29, 0.717) is 22.5 Å². The maximum absolute atomic E-state index is 12.3. The second-order valence-corrected chi connectivity index (χ2v) is 5.65. The van der Waals surface area contributed by atoms with Crippen molar-refractivity contribution in [1.29, 1.82) is 0 Å². The third kappa shape index (κ3) is 3.00. The highest BCUT2D eigenvalue weighted by molar-refractivity contribution is 7.17. The summed E-state index contributed by atoms with van der Waals surface area (Å²) in [5, 5.41) is 4.70. The number of carbonyl (C=O) groups is 1. The molecule has 0 saturated heterocycles. The minimum absolute atomic E-state index is 0.0547. The largest absolute Gasteiger partial charge is 0.495 e. The van der Waals surface area contributed by atoms with E-state index in [1.165, 1.54) is 11.3 Å². The van der Waals surface area contributed by atoms with Crippen LogP contribution in [0.4, 0.5) is 0 Å². The van der Waals surface area contributed by atoms with Crippen LogP contribution in [-0.4, -0.2) is 28.0 Å². The first-order valence-corrected chi connectivity index (χ1v) is 7.60. The monoisotopic (exact) mass is 334 g/mol. The number of thiophene rings is 1. The zero-order valence-corrected chi connectivity index (χ0v) is 13.1. The zero-order valence-electron chi connectivity index (χ0n) is 11.5.